The van der Waals surface area contributed by atoms with Crippen LogP contribution < -0.4 is 27.0 Å². The van der Waals surface area contributed by atoms with Gasteiger partial charge in [0.25, 0.3) is 0 Å². The third-order valence-corrected chi connectivity index (χ3v) is 6.65. The molecule has 4 atom stereocenters. The van der Waals surface area contributed by atoms with E-state index in [-0.39, 0.29) is 18.2 Å². The van der Waals surface area contributed by atoms with Crippen molar-refractivity contribution in [2.24, 2.45) is 11.7 Å². The number of rotatable bonds is 20. The Kier molecular flexibility index (Phi) is 16.5. The molecule has 0 heterocycles. The molecule has 0 saturated heterocycles. The Morgan fingerprint density at radius 1 is 0.949 bits per heavy atom. The Labute approximate surface area is 234 Å². The first-order chi connectivity index (χ1) is 18.6. The molecular weight excluding hydrogens is 522 g/mol. The van der Waals surface area contributed by atoms with Crippen molar-refractivity contribution in [3.8, 4) is 0 Å². The average molecular weight is 566 g/mol. The van der Waals surface area contributed by atoms with E-state index in [1.54, 1.807) is 11.8 Å². The van der Waals surface area contributed by atoms with E-state index >= 15 is 0 Å². The molecule has 0 spiro atoms. The van der Waals surface area contributed by atoms with Gasteiger partial charge in [-0.2, -0.15) is 11.8 Å². The van der Waals surface area contributed by atoms with Gasteiger partial charge in [0.15, 0.2) is 0 Å². The third kappa shape index (κ3) is 14.0. The molecule has 0 aliphatic carbocycles. The number of benzene rings is 1. The van der Waals surface area contributed by atoms with Gasteiger partial charge >= 0.3 is 5.97 Å². The third-order valence-electron chi connectivity index (χ3n) is 6.01. The van der Waals surface area contributed by atoms with Crippen molar-refractivity contribution < 1.29 is 29.1 Å². The number of carbonyl (C=O) groups excluding carboxylic acids is 4. The summed E-state index contributed by atoms with van der Waals surface area (Å²) in [6.45, 7) is 4.14. The lowest BCUT2D eigenvalue weighted by Gasteiger charge is -2.26. The topological polar surface area (TPSA) is 180 Å². The number of hydrogen-bond donors (Lipinski definition) is 6. The van der Waals surface area contributed by atoms with Gasteiger partial charge in [0.05, 0.1) is 0 Å². The molecule has 0 radical (unpaired) electrons. The van der Waals surface area contributed by atoms with Gasteiger partial charge in [-0.3, -0.25) is 24.0 Å². The normalized spacial score (nSPS) is 14.0. The van der Waals surface area contributed by atoms with Crippen molar-refractivity contribution in [3.63, 3.8) is 0 Å². The molecule has 0 aliphatic heterocycles. The second-order valence-electron chi connectivity index (χ2n) is 9.79. The van der Waals surface area contributed by atoms with Crippen molar-refractivity contribution in [2.45, 2.75) is 76.5 Å². The van der Waals surface area contributed by atoms with E-state index < -0.39 is 42.0 Å². The first-order valence-electron chi connectivity index (χ1n) is 13.2. The summed E-state index contributed by atoms with van der Waals surface area (Å²) in [6, 6.07) is 5.75. The predicted molar refractivity (Wildman–Crippen MR) is 152 cm³/mol. The Hall–Kier alpha value is -3.12. The summed E-state index contributed by atoms with van der Waals surface area (Å²) in [5, 5.41) is 19.8. The molecular formula is C27H43N5O6S. The monoisotopic (exact) mass is 565 g/mol. The van der Waals surface area contributed by atoms with Crippen LogP contribution in [0.3, 0.4) is 0 Å². The van der Waals surface area contributed by atoms with Gasteiger partial charge in [0, 0.05) is 13.0 Å². The summed E-state index contributed by atoms with van der Waals surface area (Å²) in [6.07, 6.45) is 4.72. The average Bonchev–Trinajstić information content (AvgIpc) is 2.89. The maximum atomic E-state index is 13.4. The Morgan fingerprint density at radius 3 is 2.18 bits per heavy atom. The van der Waals surface area contributed by atoms with E-state index in [2.05, 4.69) is 21.3 Å². The number of carboxylic acid groups (broad SMARTS) is 1. The first-order valence-corrected chi connectivity index (χ1v) is 14.6. The second-order valence-corrected chi connectivity index (χ2v) is 10.8. The molecule has 0 fully saturated rings. The molecule has 7 N–H and O–H groups in total. The second kappa shape index (κ2) is 19.0. The van der Waals surface area contributed by atoms with Crippen molar-refractivity contribution in [3.05, 3.63) is 35.9 Å². The highest BCUT2D eigenvalue weighted by atomic mass is 32.2. The van der Waals surface area contributed by atoms with Crippen LogP contribution in [0.5, 0.6) is 0 Å². The van der Waals surface area contributed by atoms with Crippen molar-refractivity contribution in [1.29, 1.82) is 0 Å². The van der Waals surface area contributed by atoms with Crippen LogP contribution in [0.25, 0.3) is 0 Å². The molecule has 0 aromatic heterocycles. The SMILES string of the molecule is CSCCC(NC=O)C(=O)NC(CC(C)C)C(=O)NC(Cc1ccccc1)C(=O)NCCCCC(N)C(=O)O. The number of thioether (sulfide) groups is 1. The van der Waals surface area contributed by atoms with Gasteiger partial charge in [0.2, 0.25) is 24.1 Å². The fourth-order valence-corrected chi connectivity index (χ4v) is 4.33. The molecule has 4 amide bonds. The lowest BCUT2D eigenvalue weighted by Crippen LogP contribution is -2.57. The van der Waals surface area contributed by atoms with E-state index in [1.807, 2.05) is 50.4 Å². The minimum absolute atomic E-state index is 0.0725. The van der Waals surface area contributed by atoms with E-state index in [0.717, 1.165) is 5.56 Å². The highest BCUT2D eigenvalue weighted by Crippen LogP contribution is 2.10. The summed E-state index contributed by atoms with van der Waals surface area (Å²) in [4.78, 5) is 61.2. The summed E-state index contributed by atoms with van der Waals surface area (Å²) < 4.78 is 0. The maximum absolute atomic E-state index is 13.4. The number of amides is 4. The van der Waals surface area contributed by atoms with Crippen molar-refractivity contribution in [1.82, 2.24) is 21.3 Å². The summed E-state index contributed by atoms with van der Waals surface area (Å²) in [5.41, 5.74) is 6.37. The lowest BCUT2D eigenvalue weighted by molar-refractivity contribution is -0.138. The van der Waals surface area contributed by atoms with Gasteiger partial charge < -0.3 is 32.1 Å². The number of unbranched alkanes of at least 4 members (excludes halogenated alkanes) is 1. The first kappa shape index (κ1) is 33.9. The molecule has 4 unspecified atom stereocenters. The molecule has 0 saturated carbocycles. The van der Waals surface area contributed by atoms with Gasteiger partial charge in [0.1, 0.15) is 24.2 Å². The minimum Gasteiger partial charge on any atom is -0.480 e. The quantitative estimate of drug-likeness (QED) is 0.0992. The van der Waals surface area contributed by atoms with Crippen LogP contribution >= 0.6 is 11.8 Å². The van der Waals surface area contributed by atoms with Gasteiger partial charge in [-0.1, -0.05) is 44.2 Å². The number of nitrogens with one attached hydrogen (secondary N) is 4. The molecule has 218 valence electrons. The molecule has 12 heteroatoms. The standard InChI is InChI=1S/C27H43N5O6S/c1-18(2)15-22(31-25(35)21(30-17-33)12-14-39-3)26(36)32-23(16-19-9-5-4-6-10-19)24(34)29-13-8-7-11-20(28)27(37)38/h4-6,9-10,17-18,20-23H,7-8,11-16,28H2,1-3H3,(H,29,34)(H,30,33)(H,31,35)(H,32,36)(H,37,38). The van der Waals surface area contributed by atoms with E-state index in [9.17, 15) is 24.0 Å². The number of aliphatic carboxylic acids is 1. The Morgan fingerprint density at radius 2 is 1.59 bits per heavy atom. The van der Waals surface area contributed by atoms with Crippen LogP contribution in [-0.4, -0.2) is 77.9 Å². The molecule has 1 rings (SSSR count). The summed E-state index contributed by atoms with van der Waals surface area (Å²) in [7, 11) is 0. The fraction of sp³-hybridized carbons (Fsp3) is 0.593. The predicted octanol–water partition coefficient (Wildman–Crippen LogP) is 0.811. The molecule has 0 aliphatic rings. The minimum atomic E-state index is -1.06. The number of carboxylic acids is 1. The largest absolute Gasteiger partial charge is 0.480 e. The van der Waals surface area contributed by atoms with Gasteiger partial charge in [-0.15, -0.1) is 0 Å². The smallest absolute Gasteiger partial charge is 0.320 e. The Balaban J connectivity index is 2.93. The number of carbonyl (C=O) groups is 5. The van der Waals surface area contributed by atoms with Crippen LogP contribution in [0.1, 0.15) is 51.5 Å². The molecule has 0 bridgehead atoms. The highest BCUT2D eigenvalue weighted by molar-refractivity contribution is 7.98. The summed E-state index contributed by atoms with van der Waals surface area (Å²) >= 11 is 1.54. The lowest BCUT2D eigenvalue weighted by atomic mass is 10.0. The van der Waals surface area contributed by atoms with E-state index in [1.165, 1.54) is 0 Å². The van der Waals surface area contributed by atoms with Crippen LogP contribution in [0, 0.1) is 5.92 Å². The highest BCUT2D eigenvalue weighted by Gasteiger charge is 2.29. The van der Waals surface area contributed by atoms with Gasteiger partial charge in [-0.25, -0.2) is 0 Å². The molecule has 1 aromatic carbocycles. The fourth-order valence-electron chi connectivity index (χ4n) is 3.86. The zero-order valence-electron chi connectivity index (χ0n) is 23.0. The van der Waals surface area contributed by atoms with Crippen LogP contribution in [0.2, 0.25) is 0 Å². The number of hydrogen-bond acceptors (Lipinski definition) is 7. The van der Waals surface area contributed by atoms with E-state index in [0.29, 0.717) is 50.8 Å². The van der Waals surface area contributed by atoms with E-state index in [4.69, 9.17) is 10.8 Å². The van der Waals surface area contributed by atoms with Crippen LogP contribution in [0.4, 0.5) is 0 Å². The number of nitrogens with two attached hydrogens (primary N) is 1. The zero-order chi connectivity index (χ0) is 29.2. The Bertz CT molecular complexity index is 917. The molecule has 1 aromatic rings. The zero-order valence-corrected chi connectivity index (χ0v) is 23.8. The molecule has 39 heavy (non-hydrogen) atoms. The van der Waals surface area contributed by atoms with Gasteiger partial charge in [-0.05, 0) is 55.6 Å². The molecule has 11 nitrogen and oxygen atoms in total. The van der Waals surface area contributed by atoms with Crippen molar-refractivity contribution in [2.75, 3.05) is 18.6 Å². The summed E-state index contributed by atoms with van der Waals surface area (Å²) in [5.74, 6) is -1.67. The van der Waals surface area contributed by atoms with Crippen LogP contribution in [0.15, 0.2) is 30.3 Å². The van der Waals surface area contributed by atoms with Crippen LogP contribution in [-0.2, 0) is 30.4 Å². The maximum Gasteiger partial charge on any atom is 0.320 e. The van der Waals surface area contributed by atoms with Crippen molar-refractivity contribution >= 4 is 41.9 Å².